The van der Waals surface area contributed by atoms with Crippen LogP contribution in [-0.2, 0) is 19.6 Å². The molecule has 29 heavy (non-hydrogen) atoms. The second-order valence-electron chi connectivity index (χ2n) is 6.17. The van der Waals surface area contributed by atoms with E-state index in [0.717, 1.165) is 0 Å². The monoisotopic (exact) mass is 421 g/mol. The number of sulfonamides is 1. The molecule has 2 aromatic carbocycles. The van der Waals surface area contributed by atoms with E-state index in [-0.39, 0.29) is 17.4 Å². The average Bonchev–Trinajstić information content (AvgIpc) is 2.70. The minimum absolute atomic E-state index is 0.0761. The topological polar surface area (TPSA) is 97.0 Å². The number of hydrogen-bond donors (Lipinski definition) is 2. The Morgan fingerprint density at radius 1 is 1.00 bits per heavy atom. The molecule has 0 atom stereocenters. The predicted molar refractivity (Wildman–Crippen MR) is 114 cm³/mol. The van der Waals surface area contributed by atoms with Crippen molar-refractivity contribution >= 4 is 33.0 Å². The van der Waals surface area contributed by atoms with Crippen LogP contribution in [0.25, 0.3) is 0 Å². The third kappa shape index (κ3) is 5.85. The number of carbonyl (C=O) groups is 1. The molecule has 2 N–H and O–H groups in total. The summed E-state index contributed by atoms with van der Waals surface area (Å²) in [5, 5.41) is 2.65. The molecule has 0 spiro atoms. The van der Waals surface area contributed by atoms with Crippen LogP contribution in [0.15, 0.2) is 47.4 Å². The zero-order chi connectivity index (χ0) is 21.4. The SMILES string of the molecule is CCN(CC)c1ccc(NC(=O)COC)cc1S(=O)(=O)Nc1ccc(OC)cc1. The Bertz CT molecular complexity index is 926. The molecule has 0 saturated heterocycles. The highest BCUT2D eigenvalue weighted by Crippen LogP contribution is 2.30. The summed E-state index contributed by atoms with van der Waals surface area (Å²) >= 11 is 0. The number of amides is 1. The quantitative estimate of drug-likeness (QED) is 0.612. The molecule has 158 valence electrons. The van der Waals surface area contributed by atoms with Crippen LogP contribution in [0, 0.1) is 0 Å². The Balaban J connectivity index is 2.44. The van der Waals surface area contributed by atoms with Gasteiger partial charge >= 0.3 is 0 Å². The first-order chi connectivity index (χ1) is 13.8. The third-order valence-electron chi connectivity index (χ3n) is 4.25. The van der Waals surface area contributed by atoms with Crippen molar-refractivity contribution in [3.63, 3.8) is 0 Å². The number of nitrogens with one attached hydrogen (secondary N) is 2. The van der Waals surface area contributed by atoms with Gasteiger partial charge in [0, 0.05) is 31.6 Å². The van der Waals surface area contributed by atoms with Crippen LogP contribution in [0.3, 0.4) is 0 Å². The summed E-state index contributed by atoms with van der Waals surface area (Å²) in [6, 6.07) is 11.4. The maximum Gasteiger partial charge on any atom is 0.264 e. The Kier molecular flexibility index (Phi) is 7.86. The van der Waals surface area contributed by atoms with E-state index in [0.29, 0.717) is 35.9 Å². The molecule has 8 nitrogen and oxygen atoms in total. The summed E-state index contributed by atoms with van der Waals surface area (Å²) in [6.45, 7) is 5.05. The maximum atomic E-state index is 13.2. The Labute approximate surface area is 171 Å². The molecule has 2 rings (SSSR count). The fourth-order valence-corrected chi connectivity index (χ4v) is 4.14. The van der Waals surface area contributed by atoms with Crippen molar-refractivity contribution < 1.29 is 22.7 Å². The van der Waals surface area contributed by atoms with Crippen LogP contribution in [0.2, 0.25) is 0 Å². The normalized spacial score (nSPS) is 11.0. The first-order valence-corrected chi connectivity index (χ1v) is 10.7. The molecule has 9 heteroatoms. The summed E-state index contributed by atoms with van der Waals surface area (Å²) in [6.07, 6.45) is 0. The first-order valence-electron chi connectivity index (χ1n) is 9.19. The van der Waals surface area contributed by atoms with Gasteiger partial charge in [-0.1, -0.05) is 0 Å². The Morgan fingerprint density at radius 2 is 1.62 bits per heavy atom. The van der Waals surface area contributed by atoms with Crippen LogP contribution in [0.1, 0.15) is 13.8 Å². The summed E-state index contributed by atoms with van der Waals surface area (Å²) in [5.41, 5.74) is 1.34. The van der Waals surface area contributed by atoms with Crippen molar-refractivity contribution in [2.75, 3.05) is 48.9 Å². The number of carbonyl (C=O) groups excluding carboxylic acids is 1. The van der Waals surface area contributed by atoms with Gasteiger partial charge in [-0.3, -0.25) is 9.52 Å². The molecule has 0 saturated carbocycles. The van der Waals surface area contributed by atoms with Crippen LogP contribution in [0.5, 0.6) is 5.75 Å². The highest BCUT2D eigenvalue weighted by molar-refractivity contribution is 7.92. The zero-order valence-electron chi connectivity index (χ0n) is 17.1. The van der Waals surface area contributed by atoms with Crippen molar-refractivity contribution in [1.82, 2.24) is 0 Å². The van der Waals surface area contributed by atoms with Gasteiger partial charge in [-0.05, 0) is 56.3 Å². The third-order valence-corrected chi connectivity index (χ3v) is 5.67. The summed E-state index contributed by atoms with van der Waals surface area (Å²) in [4.78, 5) is 13.8. The number of nitrogens with zero attached hydrogens (tertiary/aromatic N) is 1. The maximum absolute atomic E-state index is 13.2. The van der Waals surface area contributed by atoms with Crippen LogP contribution in [0.4, 0.5) is 17.1 Å². The number of rotatable bonds is 10. The van der Waals surface area contributed by atoms with Crippen LogP contribution < -0.4 is 19.7 Å². The second kappa shape index (κ2) is 10.1. The van der Waals surface area contributed by atoms with Crippen LogP contribution >= 0.6 is 0 Å². The van der Waals surface area contributed by atoms with Crippen LogP contribution in [-0.4, -0.2) is 48.2 Å². The lowest BCUT2D eigenvalue weighted by atomic mass is 10.2. The average molecular weight is 422 g/mol. The molecule has 0 unspecified atom stereocenters. The zero-order valence-corrected chi connectivity index (χ0v) is 17.9. The Hall–Kier alpha value is -2.78. The van der Waals surface area contributed by atoms with E-state index in [1.807, 2.05) is 18.7 Å². The lowest BCUT2D eigenvalue weighted by molar-refractivity contribution is -0.119. The fourth-order valence-electron chi connectivity index (χ4n) is 2.83. The molecular formula is C20H27N3O5S. The standard InChI is InChI=1S/C20H27N3O5S/c1-5-23(6-2)18-12-9-16(21-20(24)14-27-3)13-19(18)29(25,26)22-15-7-10-17(28-4)11-8-15/h7-13,22H,5-6,14H2,1-4H3,(H,21,24). The molecule has 0 bridgehead atoms. The predicted octanol–water partition coefficient (Wildman–Crippen LogP) is 2.93. The van der Waals surface area contributed by atoms with E-state index in [1.165, 1.54) is 13.2 Å². The minimum Gasteiger partial charge on any atom is -0.497 e. The van der Waals surface area contributed by atoms with E-state index in [1.54, 1.807) is 43.5 Å². The van der Waals surface area contributed by atoms with E-state index in [4.69, 9.17) is 9.47 Å². The van der Waals surface area contributed by atoms with E-state index >= 15 is 0 Å². The molecule has 0 aliphatic carbocycles. The van der Waals surface area contributed by atoms with Gasteiger partial charge in [0.05, 0.1) is 12.8 Å². The lowest BCUT2D eigenvalue weighted by Crippen LogP contribution is -2.26. The molecule has 1 amide bonds. The molecule has 2 aromatic rings. The number of methoxy groups -OCH3 is 2. The van der Waals surface area contributed by atoms with Crippen molar-refractivity contribution in [1.29, 1.82) is 0 Å². The molecule has 0 heterocycles. The molecule has 0 fully saturated rings. The second-order valence-corrected chi connectivity index (χ2v) is 7.82. The van der Waals surface area contributed by atoms with E-state index in [9.17, 15) is 13.2 Å². The van der Waals surface area contributed by atoms with Gasteiger partial charge in [-0.25, -0.2) is 8.42 Å². The summed E-state index contributed by atoms with van der Waals surface area (Å²) in [5.74, 6) is 0.259. The Morgan fingerprint density at radius 3 is 2.17 bits per heavy atom. The fraction of sp³-hybridized carbons (Fsp3) is 0.350. The van der Waals surface area contributed by atoms with Gasteiger partial charge in [0.25, 0.3) is 10.0 Å². The van der Waals surface area contributed by atoms with Gasteiger partial charge in [0.2, 0.25) is 5.91 Å². The number of anilines is 3. The van der Waals surface area contributed by atoms with Crippen molar-refractivity contribution in [3.05, 3.63) is 42.5 Å². The van der Waals surface area contributed by atoms with Gasteiger partial charge < -0.3 is 19.7 Å². The van der Waals surface area contributed by atoms with Gasteiger partial charge in [-0.15, -0.1) is 0 Å². The van der Waals surface area contributed by atoms with E-state index < -0.39 is 10.0 Å². The molecule has 0 aromatic heterocycles. The summed E-state index contributed by atoms with van der Waals surface area (Å²) < 4.78 is 38.8. The summed E-state index contributed by atoms with van der Waals surface area (Å²) in [7, 11) is -0.959. The smallest absolute Gasteiger partial charge is 0.264 e. The molecule has 0 aliphatic heterocycles. The van der Waals surface area contributed by atoms with E-state index in [2.05, 4.69) is 10.0 Å². The lowest BCUT2D eigenvalue weighted by Gasteiger charge is -2.25. The first kappa shape index (κ1) is 22.5. The highest BCUT2D eigenvalue weighted by atomic mass is 32.2. The largest absolute Gasteiger partial charge is 0.497 e. The van der Waals surface area contributed by atoms with Crippen molar-refractivity contribution in [2.24, 2.45) is 0 Å². The van der Waals surface area contributed by atoms with Gasteiger partial charge in [0.1, 0.15) is 17.3 Å². The highest BCUT2D eigenvalue weighted by Gasteiger charge is 2.22. The molecule has 0 aliphatic rings. The number of benzene rings is 2. The van der Waals surface area contributed by atoms with Crippen molar-refractivity contribution in [3.8, 4) is 5.75 Å². The number of ether oxygens (including phenoxy) is 2. The molecular weight excluding hydrogens is 394 g/mol. The number of hydrogen-bond acceptors (Lipinski definition) is 6. The minimum atomic E-state index is -3.91. The van der Waals surface area contributed by atoms with Crippen molar-refractivity contribution in [2.45, 2.75) is 18.7 Å². The van der Waals surface area contributed by atoms with Gasteiger partial charge in [-0.2, -0.15) is 0 Å². The van der Waals surface area contributed by atoms with Gasteiger partial charge in [0.15, 0.2) is 0 Å². The molecule has 0 radical (unpaired) electrons.